The maximum absolute atomic E-state index is 12.9. The molecule has 0 atom stereocenters. The van der Waals surface area contributed by atoms with Crippen molar-refractivity contribution in [2.75, 3.05) is 0 Å². The number of hydrogen-bond donors (Lipinski definition) is 0. The summed E-state index contributed by atoms with van der Waals surface area (Å²) in [6.45, 7) is 11.8. The molecule has 1 aromatic heterocycles. The Kier molecular flexibility index (Phi) is 5.55. The molecule has 28 heavy (non-hydrogen) atoms. The predicted octanol–water partition coefficient (Wildman–Crippen LogP) is 5.23. The van der Waals surface area contributed by atoms with Crippen LogP contribution in [0.25, 0.3) is 11.0 Å². The molecule has 1 aromatic carbocycles. The molecule has 5 heteroatoms. The van der Waals surface area contributed by atoms with Crippen molar-refractivity contribution in [1.29, 1.82) is 0 Å². The largest absolute Gasteiger partial charge is 0.490 e. The molecule has 1 aliphatic rings. The Balaban J connectivity index is 2.51. The van der Waals surface area contributed by atoms with Crippen LogP contribution >= 0.6 is 0 Å². The second-order valence-electron chi connectivity index (χ2n) is 8.36. The van der Waals surface area contributed by atoms with Gasteiger partial charge in [0.05, 0.1) is 11.5 Å². The quantitative estimate of drug-likeness (QED) is 0.502. The molecular formula is C23H30O5. The molecule has 2 aromatic rings. The van der Waals surface area contributed by atoms with Crippen molar-refractivity contribution in [2.45, 2.75) is 85.4 Å². The third-order valence-corrected chi connectivity index (χ3v) is 5.10. The van der Waals surface area contributed by atoms with Crippen molar-refractivity contribution in [1.82, 2.24) is 0 Å². The van der Waals surface area contributed by atoms with Crippen molar-refractivity contribution in [3.63, 3.8) is 0 Å². The zero-order valence-electron chi connectivity index (χ0n) is 17.7. The highest BCUT2D eigenvalue weighted by molar-refractivity contribution is 6.11. The number of hydrogen-bond acceptors (Lipinski definition) is 5. The average molecular weight is 386 g/mol. The van der Waals surface area contributed by atoms with Gasteiger partial charge in [-0.15, -0.1) is 0 Å². The van der Waals surface area contributed by atoms with Crippen molar-refractivity contribution in [2.24, 2.45) is 0 Å². The zero-order chi connectivity index (χ0) is 20.6. The summed E-state index contributed by atoms with van der Waals surface area (Å²) < 4.78 is 18.1. The molecule has 0 bridgehead atoms. The molecule has 0 N–H and O–H groups in total. The van der Waals surface area contributed by atoms with Crippen molar-refractivity contribution in [3.05, 3.63) is 33.2 Å². The van der Waals surface area contributed by atoms with E-state index in [2.05, 4.69) is 20.8 Å². The second-order valence-corrected chi connectivity index (χ2v) is 8.36. The molecule has 0 spiro atoms. The number of Topliss-reactive ketones (excluding diaryl/α,β-unsaturated/α-hetero) is 1. The third kappa shape index (κ3) is 3.67. The lowest BCUT2D eigenvalue weighted by Crippen LogP contribution is -2.33. The maximum Gasteiger partial charge on any atom is 0.336 e. The smallest absolute Gasteiger partial charge is 0.336 e. The first-order valence-electron chi connectivity index (χ1n) is 10.2. The van der Waals surface area contributed by atoms with E-state index < -0.39 is 5.63 Å². The fraction of sp³-hybridized carbons (Fsp3) is 0.565. The third-order valence-electron chi connectivity index (χ3n) is 5.10. The standard InChI is InChI=1S/C23H30O5/c1-7-9-14-12-17(25)27-22-18(14)21-15(10-11-23(5,6)28-21)20(26-13(3)4)19(22)16(24)8-2/h12-13H,7-11H2,1-6H3. The van der Waals surface area contributed by atoms with Gasteiger partial charge < -0.3 is 13.9 Å². The minimum atomic E-state index is -0.452. The van der Waals surface area contributed by atoms with Gasteiger partial charge in [-0.05, 0) is 52.5 Å². The highest BCUT2D eigenvalue weighted by Crippen LogP contribution is 2.48. The summed E-state index contributed by atoms with van der Waals surface area (Å²) in [5.41, 5.74) is 1.66. The van der Waals surface area contributed by atoms with E-state index >= 15 is 0 Å². The van der Waals surface area contributed by atoms with Crippen molar-refractivity contribution < 1.29 is 18.7 Å². The van der Waals surface area contributed by atoms with Crippen molar-refractivity contribution >= 4 is 16.8 Å². The molecule has 3 rings (SSSR count). The molecule has 0 saturated carbocycles. The van der Waals surface area contributed by atoms with Gasteiger partial charge in [-0.1, -0.05) is 20.3 Å². The number of aryl methyl sites for hydroxylation is 1. The van der Waals surface area contributed by atoms with E-state index in [0.29, 0.717) is 35.5 Å². The molecule has 5 nitrogen and oxygen atoms in total. The monoisotopic (exact) mass is 386 g/mol. The zero-order valence-corrected chi connectivity index (χ0v) is 17.7. The van der Waals surface area contributed by atoms with Gasteiger partial charge >= 0.3 is 5.63 Å². The van der Waals surface area contributed by atoms with Crippen LogP contribution in [0.1, 0.15) is 82.3 Å². The Labute approximate surface area is 166 Å². The highest BCUT2D eigenvalue weighted by atomic mass is 16.5. The predicted molar refractivity (Wildman–Crippen MR) is 110 cm³/mol. The van der Waals surface area contributed by atoms with Gasteiger partial charge in [-0.3, -0.25) is 4.79 Å². The van der Waals surface area contributed by atoms with Crippen LogP contribution in [0.15, 0.2) is 15.3 Å². The molecule has 0 aliphatic carbocycles. The maximum atomic E-state index is 12.9. The van der Waals surface area contributed by atoms with Crippen LogP contribution in [-0.4, -0.2) is 17.5 Å². The van der Waals surface area contributed by atoms with Gasteiger partial charge in [0, 0.05) is 18.1 Å². The molecule has 0 radical (unpaired) electrons. The van der Waals surface area contributed by atoms with E-state index in [1.54, 1.807) is 6.92 Å². The molecule has 0 unspecified atom stereocenters. The number of ketones is 1. The summed E-state index contributed by atoms with van der Waals surface area (Å²) in [6, 6.07) is 1.53. The van der Waals surface area contributed by atoms with E-state index in [4.69, 9.17) is 13.9 Å². The molecular weight excluding hydrogens is 356 g/mol. The summed E-state index contributed by atoms with van der Waals surface area (Å²) in [5.74, 6) is 1.11. The van der Waals surface area contributed by atoms with E-state index in [0.717, 1.165) is 35.8 Å². The summed E-state index contributed by atoms with van der Waals surface area (Å²) >= 11 is 0. The van der Waals surface area contributed by atoms with Gasteiger partial charge in [0.25, 0.3) is 0 Å². The minimum absolute atomic E-state index is 0.0925. The first-order chi connectivity index (χ1) is 13.2. The first-order valence-corrected chi connectivity index (χ1v) is 10.2. The number of benzene rings is 1. The lowest BCUT2D eigenvalue weighted by molar-refractivity contribution is 0.0844. The van der Waals surface area contributed by atoms with E-state index in [-0.39, 0.29) is 17.5 Å². The molecule has 0 amide bonds. The molecule has 0 fully saturated rings. The van der Waals surface area contributed by atoms with Crippen molar-refractivity contribution in [3.8, 4) is 11.5 Å². The SMILES string of the molecule is CCCc1cc(=O)oc2c(C(=O)CC)c(OC(C)C)c3c(c12)OC(C)(C)CC3. The highest BCUT2D eigenvalue weighted by Gasteiger charge is 2.35. The van der Waals surface area contributed by atoms with Crippen LogP contribution in [0.3, 0.4) is 0 Å². The van der Waals surface area contributed by atoms with Gasteiger partial charge in [0.15, 0.2) is 11.4 Å². The Bertz CT molecular complexity index is 965. The molecule has 1 aliphatic heterocycles. The summed E-state index contributed by atoms with van der Waals surface area (Å²) in [7, 11) is 0. The molecule has 2 heterocycles. The van der Waals surface area contributed by atoms with Crippen LogP contribution in [0.4, 0.5) is 0 Å². The fourth-order valence-corrected chi connectivity index (χ4v) is 3.83. The van der Waals surface area contributed by atoms with E-state index in [1.165, 1.54) is 6.07 Å². The Hall–Kier alpha value is -2.30. The minimum Gasteiger partial charge on any atom is -0.490 e. The molecule has 0 saturated heterocycles. The van der Waals surface area contributed by atoms with E-state index in [1.807, 2.05) is 13.8 Å². The van der Waals surface area contributed by atoms with Crippen LogP contribution in [-0.2, 0) is 12.8 Å². The Morgan fingerprint density at radius 1 is 1.29 bits per heavy atom. The van der Waals surface area contributed by atoms with E-state index in [9.17, 15) is 9.59 Å². The van der Waals surface area contributed by atoms with Gasteiger partial charge in [0.1, 0.15) is 22.7 Å². The summed E-state index contributed by atoms with van der Waals surface area (Å²) in [6.07, 6.45) is 3.33. The normalized spacial score (nSPS) is 15.4. The number of carbonyl (C=O) groups is 1. The number of rotatable bonds is 6. The topological polar surface area (TPSA) is 65.7 Å². The van der Waals surface area contributed by atoms with Gasteiger partial charge in [-0.25, -0.2) is 4.79 Å². The number of ether oxygens (including phenoxy) is 2. The number of fused-ring (bicyclic) bond motifs is 3. The first kappa shape index (κ1) is 20.4. The van der Waals surface area contributed by atoms with Crippen LogP contribution < -0.4 is 15.1 Å². The van der Waals surface area contributed by atoms with Gasteiger partial charge in [-0.2, -0.15) is 0 Å². The number of carbonyl (C=O) groups excluding carboxylic acids is 1. The van der Waals surface area contributed by atoms with Crippen LogP contribution in [0, 0.1) is 0 Å². The second kappa shape index (κ2) is 7.61. The van der Waals surface area contributed by atoms with Gasteiger partial charge in [0.2, 0.25) is 0 Å². The lowest BCUT2D eigenvalue weighted by Gasteiger charge is -2.35. The summed E-state index contributed by atoms with van der Waals surface area (Å²) in [5, 5.41) is 0.747. The Morgan fingerprint density at radius 3 is 2.61 bits per heavy atom. The fourth-order valence-electron chi connectivity index (χ4n) is 3.83. The summed E-state index contributed by atoms with van der Waals surface area (Å²) in [4.78, 5) is 25.3. The lowest BCUT2D eigenvalue weighted by atomic mass is 9.88. The molecule has 152 valence electrons. The Morgan fingerprint density at radius 2 is 2.00 bits per heavy atom. The van der Waals surface area contributed by atoms with Crippen LogP contribution in [0.5, 0.6) is 11.5 Å². The average Bonchev–Trinajstić information content (AvgIpc) is 2.59. The van der Waals surface area contributed by atoms with Crippen LogP contribution in [0.2, 0.25) is 0 Å².